The monoisotopic (exact) mass is 360 g/mol. The fourth-order valence-electron chi connectivity index (χ4n) is 2.56. The van der Waals surface area contributed by atoms with E-state index in [4.69, 9.17) is 11.6 Å². The molecule has 2 aromatic carbocycles. The summed E-state index contributed by atoms with van der Waals surface area (Å²) in [5.41, 5.74) is 1.73. The lowest BCUT2D eigenvalue weighted by molar-refractivity contribution is -0.124. The Bertz CT molecular complexity index is 781. The van der Waals surface area contributed by atoms with E-state index in [0.29, 0.717) is 5.02 Å². The summed E-state index contributed by atoms with van der Waals surface area (Å²) in [5.74, 6) is -0.293. The molecule has 0 saturated heterocycles. The molecular formula is C18H17ClN2O2S. The summed E-state index contributed by atoms with van der Waals surface area (Å²) in [4.78, 5) is 25.4. The third-order valence-corrected chi connectivity index (χ3v) is 5.31. The fraction of sp³-hybridized carbons (Fsp3) is 0.222. The van der Waals surface area contributed by atoms with Crippen LogP contribution in [0.25, 0.3) is 0 Å². The van der Waals surface area contributed by atoms with Gasteiger partial charge in [0, 0.05) is 16.3 Å². The lowest BCUT2D eigenvalue weighted by Crippen LogP contribution is -2.35. The maximum atomic E-state index is 12.3. The number of fused-ring (bicyclic) bond motifs is 1. The molecule has 0 unspecified atom stereocenters. The molecule has 124 valence electrons. The zero-order chi connectivity index (χ0) is 17.1. The average Bonchev–Trinajstić information content (AvgIpc) is 2.55. The van der Waals surface area contributed by atoms with Crippen LogP contribution in [-0.4, -0.2) is 17.1 Å². The Labute approximate surface area is 150 Å². The van der Waals surface area contributed by atoms with Crippen molar-refractivity contribution >= 4 is 40.9 Å². The van der Waals surface area contributed by atoms with Crippen LogP contribution in [0.1, 0.15) is 24.9 Å². The van der Waals surface area contributed by atoms with E-state index in [0.717, 1.165) is 16.1 Å². The van der Waals surface area contributed by atoms with Gasteiger partial charge >= 0.3 is 0 Å². The number of carbonyl (C=O) groups is 2. The number of carbonyl (C=O) groups excluding carboxylic acids is 2. The van der Waals surface area contributed by atoms with Crippen molar-refractivity contribution in [3.05, 3.63) is 59.1 Å². The first-order chi connectivity index (χ1) is 11.5. The highest BCUT2D eigenvalue weighted by Gasteiger charge is 2.29. The summed E-state index contributed by atoms with van der Waals surface area (Å²) in [6, 6.07) is 14.8. The second-order valence-corrected chi connectivity index (χ2v) is 7.32. The van der Waals surface area contributed by atoms with E-state index in [1.807, 2.05) is 49.4 Å². The third kappa shape index (κ3) is 3.91. The van der Waals surface area contributed by atoms with E-state index in [9.17, 15) is 9.59 Å². The highest BCUT2D eigenvalue weighted by molar-refractivity contribution is 8.01. The Morgan fingerprint density at radius 2 is 2.08 bits per heavy atom. The predicted octanol–water partition coefficient (Wildman–Crippen LogP) is 4.02. The molecule has 0 bridgehead atoms. The van der Waals surface area contributed by atoms with Crippen LogP contribution in [0.2, 0.25) is 5.02 Å². The summed E-state index contributed by atoms with van der Waals surface area (Å²) in [7, 11) is 0. The average molecular weight is 361 g/mol. The van der Waals surface area contributed by atoms with Crippen molar-refractivity contribution in [2.45, 2.75) is 29.5 Å². The first kappa shape index (κ1) is 16.9. The van der Waals surface area contributed by atoms with Crippen LogP contribution >= 0.6 is 23.4 Å². The lowest BCUT2D eigenvalue weighted by atomic mass is 10.1. The molecule has 0 aromatic heterocycles. The third-order valence-electron chi connectivity index (χ3n) is 3.80. The maximum Gasteiger partial charge on any atom is 0.238 e. The minimum atomic E-state index is -0.425. The van der Waals surface area contributed by atoms with Crippen LogP contribution in [0.15, 0.2) is 53.4 Å². The van der Waals surface area contributed by atoms with Crippen LogP contribution in [0.3, 0.4) is 0 Å². The van der Waals surface area contributed by atoms with Crippen molar-refractivity contribution in [1.29, 1.82) is 0 Å². The largest absolute Gasteiger partial charge is 0.350 e. The van der Waals surface area contributed by atoms with Crippen molar-refractivity contribution in [3.8, 4) is 0 Å². The lowest BCUT2D eigenvalue weighted by Gasteiger charge is -2.24. The zero-order valence-electron chi connectivity index (χ0n) is 13.1. The number of benzene rings is 2. The molecule has 6 heteroatoms. The van der Waals surface area contributed by atoms with Crippen molar-refractivity contribution < 1.29 is 9.59 Å². The topological polar surface area (TPSA) is 58.2 Å². The molecule has 1 aliphatic heterocycles. The highest BCUT2D eigenvalue weighted by Crippen LogP contribution is 2.36. The number of thioether (sulfide) groups is 1. The molecule has 4 nitrogen and oxygen atoms in total. The van der Waals surface area contributed by atoms with E-state index in [2.05, 4.69) is 10.6 Å². The van der Waals surface area contributed by atoms with Crippen molar-refractivity contribution in [1.82, 2.24) is 5.32 Å². The van der Waals surface area contributed by atoms with Gasteiger partial charge in [-0.25, -0.2) is 0 Å². The van der Waals surface area contributed by atoms with Gasteiger partial charge in [-0.3, -0.25) is 9.59 Å². The predicted molar refractivity (Wildman–Crippen MR) is 97.3 cm³/mol. The summed E-state index contributed by atoms with van der Waals surface area (Å²) in [5, 5.41) is 5.98. The Balaban J connectivity index is 1.62. The Morgan fingerprint density at radius 1 is 1.29 bits per heavy atom. The smallest absolute Gasteiger partial charge is 0.238 e. The van der Waals surface area contributed by atoms with Crippen LogP contribution in [0.4, 0.5) is 5.69 Å². The fourth-order valence-corrected chi connectivity index (χ4v) is 3.86. The minimum Gasteiger partial charge on any atom is -0.350 e. The van der Waals surface area contributed by atoms with Gasteiger partial charge in [0.25, 0.3) is 0 Å². The number of nitrogens with one attached hydrogen (secondary N) is 2. The molecule has 0 aliphatic carbocycles. The van der Waals surface area contributed by atoms with Gasteiger partial charge in [0.15, 0.2) is 0 Å². The normalized spacial score (nSPS) is 17.6. The molecule has 0 saturated carbocycles. The van der Waals surface area contributed by atoms with Gasteiger partial charge in [-0.05, 0) is 36.8 Å². The van der Waals surface area contributed by atoms with E-state index in [1.165, 1.54) is 11.8 Å². The first-order valence-electron chi connectivity index (χ1n) is 7.64. The van der Waals surface area contributed by atoms with Crippen LogP contribution in [-0.2, 0) is 9.59 Å². The van der Waals surface area contributed by atoms with Crippen LogP contribution < -0.4 is 10.6 Å². The van der Waals surface area contributed by atoms with Crippen molar-refractivity contribution in [3.63, 3.8) is 0 Å². The summed E-state index contributed by atoms with van der Waals surface area (Å²) >= 11 is 7.40. The number of amides is 2. The molecule has 1 heterocycles. The number of hydrogen-bond acceptors (Lipinski definition) is 3. The molecule has 3 rings (SSSR count). The standard InChI is InChI=1S/C18H17ClN2O2S/c1-11(12-5-4-6-13(19)9-12)20-17(22)10-16-18(23)21-14-7-2-3-8-15(14)24-16/h2-9,11,16H,10H2,1H3,(H,20,22)(H,21,23)/t11-,16-/m0/s1. The Hall–Kier alpha value is -1.98. The van der Waals surface area contributed by atoms with Crippen LogP contribution in [0.5, 0.6) is 0 Å². The number of anilines is 1. The first-order valence-corrected chi connectivity index (χ1v) is 8.90. The quantitative estimate of drug-likeness (QED) is 0.865. The molecule has 0 fully saturated rings. The second kappa shape index (κ2) is 7.28. The summed E-state index contributed by atoms with van der Waals surface area (Å²) in [6.07, 6.45) is 0.135. The van der Waals surface area contributed by atoms with Crippen molar-refractivity contribution in [2.75, 3.05) is 5.32 Å². The van der Waals surface area contributed by atoms with Gasteiger partial charge in [-0.2, -0.15) is 0 Å². The van der Waals surface area contributed by atoms with Gasteiger partial charge in [-0.1, -0.05) is 35.9 Å². The van der Waals surface area contributed by atoms with E-state index in [1.54, 1.807) is 6.07 Å². The van der Waals surface area contributed by atoms with Gasteiger partial charge < -0.3 is 10.6 Å². The van der Waals surface area contributed by atoms with Crippen molar-refractivity contribution in [2.24, 2.45) is 0 Å². The molecule has 2 amide bonds. The highest BCUT2D eigenvalue weighted by atomic mass is 35.5. The van der Waals surface area contributed by atoms with E-state index in [-0.39, 0.29) is 24.3 Å². The van der Waals surface area contributed by atoms with Gasteiger partial charge in [0.05, 0.1) is 17.0 Å². The Morgan fingerprint density at radius 3 is 2.88 bits per heavy atom. The molecule has 2 N–H and O–H groups in total. The van der Waals surface area contributed by atoms with Gasteiger partial charge in [-0.15, -0.1) is 11.8 Å². The summed E-state index contributed by atoms with van der Waals surface area (Å²) in [6.45, 7) is 1.90. The summed E-state index contributed by atoms with van der Waals surface area (Å²) < 4.78 is 0. The maximum absolute atomic E-state index is 12.3. The van der Waals surface area contributed by atoms with Gasteiger partial charge in [0.1, 0.15) is 0 Å². The second-order valence-electron chi connectivity index (χ2n) is 5.64. The Kier molecular flexibility index (Phi) is 5.11. The molecule has 0 spiro atoms. The van der Waals surface area contributed by atoms with E-state index < -0.39 is 5.25 Å². The van der Waals surface area contributed by atoms with Gasteiger partial charge in [0.2, 0.25) is 11.8 Å². The molecule has 24 heavy (non-hydrogen) atoms. The molecule has 2 atom stereocenters. The number of para-hydroxylation sites is 1. The zero-order valence-corrected chi connectivity index (χ0v) is 14.7. The molecule has 2 aromatic rings. The molecule has 0 radical (unpaired) electrons. The molecular weight excluding hydrogens is 344 g/mol. The number of halogens is 1. The number of rotatable bonds is 4. The van der Waals surface area contributed by atoms with Crippen LogP contribution in [0, 0.1) is 0 Å². The minimum absolute atomic E-state index is 0.135. The SMILES string of the molecule is C[C@H](NC(=O)C[C@@H]1Sc2ccccc2NC1=O)c1cccc(Cl)c1. The van der Waals surface area contributed by atoms with E-state index >= 15 is 0 Å². The number of hydrogen-bond donors (Lipinski definition) is 2. The molecule has 1 aliphatic rings.